The first-order valence-corrected chi connectivity index (χ1v) is 8.97. The van der Waals surface area contributed by atoms with Gasteiger partial charge in [-0.05, 0) is 54.4 Å². The molecular formula is C20H37N3O. The predicted octanol–water partition coefficient (Wildman–Crippen LogP) is 3.40. The molecule has 0 heterocycles. The quantitative estimate of drug-likeness (QED) is 0.748. The lowest BCUT2D eigenvalue weighted by Crippen LogP contribution is -2.53. The number of methoxy groups -OCH3 is 1. The zero-order valence-electron chi connectivity index (χ0n) is 16.9. The molecule has 4 heteroatoms. The molecule has 0 amide bonds. The Labute approximate surface area is 149 Å². The van der Waals surface area contributed by atoms with Crippen molar-refractivity contribution in [1.29, 1.82) is 0 Å². The molecule has 0 saturated heterocycles. The highest BCUT2D eigenvalue weighted by Crippen LogP contribution is 2.28. The summed E-state index contributed by atoms with van der Waals surface area (Å²) in [5.74, 6) is 0.969. The summed E-state index contributed by atoms with van der Waals surface area (Å²) in [7, 11) is 6.02. The average Bonchev–Trinajstić information content (AvgIpc) is 2.49. The van der Waals surface area contributed by atoms with E-state index in [0.717, 1.165) is 25.4 Å². The summed E-state index contributed by atoms with van der Waals surface area (Å²) < 4.78 is 5.56. The minimum atomic E-state index is 0.105. The van der Waals surface area contributed by atoms with Crippen molar-refractivity contribution in [3.05, 3.63) is 29.8 Å². The van der Waals surface area contributed by atoms with E-state index in [0.29, 0.717) is 12.1 Å². The summed E-state index contributed by atoms with van der Waals surface area (Å²) in [5, 5.41) is 3.77. The smallest absolute Gasteiger partial charge is 0.123 e. The highest BCUT2D eigenvalue weighted by Gasteiger charge is 2.24. The van der Waals surface area contributed by atoms with Crippen LogP contribution in [0.2, 0.25) is 0 Å². The number of ether oxygens (including phenoxy) is 1. The van der Waals surface area contributed by atoms with Crippen LogP contribution in [0.4, 0.5) is 0 Å². The molecular weight excluding hydrogens is 298 g/mol. The lowest BCUT2D eigenvalue weighted by Gasteiger charge is -2.37. The van der Waals surface area contributed by atoms with Crippen molar-refractivity contribution in [2.75, 3.05) is 40.8 Å². The summed E-state index contributed by atoms with van der Waals surface area (Å²) in [5.41, 5.74) is 1.36. The fourth-order valence-electron chi connectivity index (χ4n) is 3.25. The third kappa shape index (κ3) is 6.80. The van der Waals surface area contributed by atoms with Crippen LogP contribution < -0.4 is 10.1 Å². The maximum atomic E-state index is 5.56. The van der Waals surface area contributed by atoms with Crippen LogP contribution in [0.5, 0.6) is 5.75 Å². The molecule has 0 aliphatic heterocycles. The first-order valence-electron chi connectivity index (χ1n) is 8.97. The van der Waals surface area contributed by atoms with Gasteiger partial charge in [0.2, 0.25) is 0 Å². The molecule has 0 aromatic heterocycles. The van der Waals surface area contributed by atoms with Crippen LogP contribution in [0.15, 0.2) is 24.3 Å². The maximum absolute atomic E-state index is 5.56. The van der Waals surface area contributed by atoms with Gasteiger partial charge in [0.25, 0.3) is 0 Å². The average molecular weight is 336 g/mol. The zero-order chi connectivity index (χ0) is 18.3. The Balaban J connectivity index is 2.92. The SMILES string of the molecule is CCN(C[C@H](CN(C)C)NC(C)(C)C)[C@@H](C)c1ccccc1OC. The minimum Gasteiger partial charge on any atom is -0.496 e. The third-order valence-corrected chi connectivity index (χ3v) is 4.22. The Morgan fingerprint density at radius 3 is 2.25 bits per heavy atom. The second-order valence-corrected chi connectivity index (χ2v) is 7.86. The van der Waals surface area contributed by atoms with Crippen molar-refractivity contribution in [1.82, 2.24) is 15.1 Å². The molecule has 0 aliphatic carbocycles. The summed E-state index contributed by atoms with van der Waals surface area (Å²) in [4.78, 5) is 4.77. The molecule has 2 atom stereocenters. The van der Waals surface area contributed by atoms with Crippen molar-refractivity contribution in [3.8, 4) is 5.75 Å². The second kappa shape index (κ2) is 9.40. The number of nitrogens with zero attached hydrogens (tertiary/aromatic N) is 2. The standard InChI is InChI=1S/C20H37N3O/c1-9-23(15-17(14-22(6)7)21-20(3,4)5)16(2)18-12-10-11-13-19(18)24-8/h10-13,16-17,21H,9,14-15H2,1-8H3/t16-,17-/m0/s1. The number of para-hydroxylation sites is 1. The lowest BCUT2D eigenvalue weighted by atomic mass is 10.0. The van der Waals surface area contributed by atoms with Crippen LogP contribution in [0.1, 0.15) is 46.2 Å². The Hall–Kier alpha value is -1.10. The van der Waals surface area contributed by atoms with E-state index in [-0.39, 0.29) is 5.54 Å². The lowest BCUT2D eigenvalue weighted by molar-refractivity contribution is 0.164. The molecule has 0 saturated carbocycles. The van der Waals surface area contributed by atoms with Crippen LogP contribution >= 0.6 is 0 Å². The van der Waals surface area contributed by atoms with Crippen molar-refractivity contribution in [2.45, 2.75) is 52.2 Å². The Morgan fingerprint density at radius 1 is 1.12 bits per heavy atom. The fraction of sp³-hybridized carbons (Fsp3) is 0.700. The molecule has 0 radical (unpaired) electrons. The van der Waals surface area contributed by atoms with Gasteiger partial charge in [0, 0.05) is 36.3 Å². The zero-order valence-corrected chi connectivity index (χ0v) is 16.9. The van der Waals surface area contributed by atoms with Gasteiger partial charge in [-0.1, -0.05) is 25.1 Å². The van der Waals surface area contributed by atoms with Gasteiger partial charge < -0.3 is 15.0 Å². The molecule has 1 N–H and O–H groups in total. The Morgan fingerprint density at radius 2 is 1.75 bits per heavy atom. The van der Waals surface area contributed by atoms with Gasteiger partial charge in [-0.15, -0.1) is 0 Å². The molecule has 4 nitrogen and oxygen atoms in total. The van der Waals surface area contributed by atoms with Gasteiger partial charge in [0.1, 0.15) is 5.75 Å². The number of hydrogen-bond donors (Lipinski definition) is 1. The third-order valence-electron chi connectivity index (χ3n) is 4.22. The first-order chi connectivity index (χ1) is 11.2. The topological polar surface area (TPSA) is 27.7 Å². The van der Waals surface area contributed by atoms with E-state index in [1.165, 1.54) is 5.56 Å². The predicted molar refractivity (Wildman–Crippen MR) is 104 cm³/mol. The highest BCUT2D eigenvalue weighted by atomic mass is 16.5. The van der Waals surface area contributed by atoms with Crippen LogP contribution in [0, 0.1) is 0 Å². The van der Waals surface area contributed by atoms with Gasteiger partial charge in [0.15, 0.2) is 0 Å². The van der Waals surface area contributed by atoms with E-state index in [9.17, 15) is 0 Å². The number of likely N-dealkylation sites (N-methyl/N-ethyl adjacent to an activating group) is 2. The van der Waals surface area contributed by atoms with E-state index < -0.39 is 0 Å². The number of rotatable bonds is 9. The van der Waals surface area contributed by atoms with E-state index in [4.69, 9.17) is 4.74 Å². The molecule has 0 spiro atoms. The molecule has 24 heavy (non-hydrogen) atoms. The Kier molecular flexibility index (Phi) is 8.20. The Bertz CT molecular complexity index is 482. The maximum Gasteiger partial charge on any atom is 0.123 e. The normalized spacial score (nSPS) is 14.9. The number of benzene rings is 1. The van der Waals surface area contributed by atoms with E-state index in [2.05, 4.69) is 76.0 Å². The number of hydrogen-bond acceptors (Lipinski definition) is 4. The van der Waals surface area contributed by atoms with Gasteiger partial charge in [-0.2, -0.15) is 0 Å². The first kappa shape index (κ1) is 20.9. The summed E-state index contributed by atoms with van der Waals surface area (Å²) in [6.45, 7) is 14.2. The number of nitrogens with one attached hydrogen (secondary N) is 1. The minimum absolute atomic E-state index is 0.105. The van der Waals surface area contributed by atoms with Crippen molar-refractivity contribution < 1.29 is 4.74 Å². The van der Waals surface area contributed by atoms with Gasteiger partial charge in [-0.25, -0.2) is 0 Å². The van der Waals surface area contributed by atoms with Crippen molar-refractivity contribution >= 4 is 0 Å². The highest BCUT2D eigenvalue weighted by molar-refractivity contribution is 5.35. The monoisotopic (exact) mass is 335 g/mol. The molecule has 0 bridgehead atoms. The fourth-order valence-corrected chi connectivity index (χ4v) is 3.25. The van der Waals surface area contributed by atoms with Gasteiger partial charge >= 0.3 is 0 Å². The van der Waals surface area contributed by atoms with Crippen LogP contribution in [0.25, 0.3) is 0 Å². The largest absolute Gasteiger partial charge is 0.496 e. The summed E-state index contributed by atoms with van der Waals surface area (Å²) in [6.07, 6.45) is 0. The van der Waals surface area contributed by atoms with E-state index >= 15 is 0 Å². The second-order valence-electron chi connectivity index (χ2n) is 7.86. The van der Waals surface area contributed by atoms with E-state index in [1.54, 1.807) is 7.11 Å². The van der Waals surface area contributed by atoms with Gasteiger partial charge in [0.05, 0.1) is 7.11 Å². The van der Waals surface area contributed by atoms with Crippen molar-refractivity contribution in [3.63, 3.8) is 0 Å². The summed E-state index contributed by atoms with van der Waals surface area (Å²) >= 11 is 0. The molecule has 1 rings (SSSR count). The molecule has 138 valence electrons. The van der Waals surface area contributed by atoms with Crippen LogP contribution in [-0.2, 0) is 0 Å². The summed E-state index contributed by atoms with van der Waals surface area (Å²) in [6, 6.07) is 9.07. The molecule has 0 aliphatic rings. The molecule has 0 unspecified atom stereocenters. The molecule has 1 aromatic rings. The van der Waals surface area contributed by atoms with Crippen LogP contribution in [0.3, 0.4) is 0 Å². The van der Waals surface area contributed by atoms with Crippen LogP contribution in [-0.4, -0.2) is 62.2 Å². The molecule has 1 aromatic carbocycles. The molecule has 0 fully saturated rings. The van der Waals surface area contributed by atoms with Crippen molar-refractivity contribution in [2.24, 2.45) is 0 Å². The van der Waals surface area contributed by atoms with E-state index in [1.807, 2.05) is 12.1 Å². The van der Waals surface area contributed by atoms with Gasteiger partial charge in [-0.3, -0.25) is 4.90 Å².